The molecule has 0 aliphatic rings. The van der Waals surface area contributed by atoms with Crippen LogP contribution in [-0.2, 0) is 22.4 Å². The van der Waals surface area contributed by atoms with Gasteiger partial charge in [-0.2, -0.15) is 0 Å². The lowest BCUT2D eigenvalue weighted by molar-refractivity contribution is -0.141. The second-order valence-corrected chi connectivity index (χ2v) is 4.92. The van der Waals surface area contributed by atoms with Gasteiger partial charge in [0.1, 0.15) is 11.9 Å². The highest BCUT2D eigenvalue weighted by atomic mass is 19.1. The van der Waals surface area contributed by atoms with Gasteiger partial charge in [-0.1, -0.05) is 48.5 Å². The van der Waals surface area contributed by atoms with Crippen molar-refractivity contribution in [2.45, 2.75) is 18.9 Å². The molecule has 2 N–H and O–H groups in total. The average Bonchev–Trinajstić information content (AvgIpc) is 2.49. The van der Waals surface area contributed by atoms with Gasteiger partial charge in [0.15, 0.2) is 0 Å². The van der Waals surface area contributed by atoms with E-state index < -0.39 is 23.7 Å². The summed E-state index contributed by atoms with van der Waals surface area (Å²) in [6, 6.07) is 13.8. The molecule has 0 aromatic heterocycles. The fraction of sp³-hybridized carbons (Fsp3) is 0.176. The van der Waals surface area contributed by atoms with Crippen LogP contribution in [0.4, 0.5) is 4.39 Å². The third-order valence-electron chi connectivity index (χ3n) is 3.22. The Bertz CT molecular complexity index is 658. The molecule has 2 aromatic rings. The molecule has 0 radical (unpaired) electrons. The number of carbonyl (C=O) groups is 2. The van der Waals surface area contributed by atoms with Crippen LogP contribution in [0.15, 0.2) is 54.6 Å². The Morgan fingerprint density at radius 1 is 1.05 bits per heavy atom. The van der Waals surface area contributed by atoms with Gasteiger partial charge in [0.2, 0.25) is 5.91 Å². The number of hydrogen-bond acceptors (Lipinski definition) is 2. The molecule has 0 bridgehead atoms. The molecule has 0 heterocycles. The Morgan fingerprint density at radius 2 is 1.68 bits per heavy atom. The summed E-state index contributed by atoms with van der Waals surface area (Å²) in [5.74, 6) is -2.08. The van der Waals surface area contributed by atoms with Crippen LogP contribution in [-0.4, -0.2) is 23.0 Å². The minimum Gasteiger partial charge on any atom is -0.480 e. The summed E-state index contributed by atoms with van der Waals surface area (Å²) in [6.45, 7) is 0. The number of benzene rings is 2. The lowest BCUT2D eigenvalue weighted by Gasteiger charge is -2.15. The van der Waals surface area contributed by atoms with Crippen molar-refractivity contribution >= 4 is 11.9 Å². The minimum atomic E-state index is -1.19. The SMILES string of the molecule is O=C(Cc1ccccc1)N[C@H](Cc1ccccc1F)C(=O)O. The first kappa shape index (κ1) is 15.7. The molecule has 5 heteroatoms. The number of carboxylic acid groups (broad SMARTS) is 1. The summed E-state index contributed by atoms with van der Waals surface area (Å²) in [6.07, 6.45) is -0.00950. The second-order valence-electron chi connectivity index (χ2n) is 4.92. The van der Waals surface area contributed by atoms with Crippen LogP contribution in [0.5, 0.6) is 0 Å². The highest BCUT2D eigenvalue weighted by Crippen LogP contribution is 2.10. The Balaban J connectivity index is 2.01. The first-order chi connectivity index (χ1) is 10.6. The van der Waals surface area contributed by atoms with Crippen molar-refractivity contribution in [1.82, 2.24) is 5.32 Å². The van der Waals surface area contributed by atoms with Crippen molar-refractivity contribution in [3.8, 4) is 0 Å². The van der Waals surface area contributed by atoms with Gasteiger partial charge in [0.25, 0.3) is 0 Å². The van der Waals surface area contributed by atoms with E-state index in [2.05, 4.69) is 5.32 Å². The Morgan fingerprint density at radius 3 is 2.32 bits per heavy atom. The average molecular weight is 301 g/mol. The molecule has 0 fully saturated rings. The van der Waals surface area contributed by atoms with Crippen LogP contribution in [0.3, 0.4) is 0 Å². The number of halogens is 1. The number of carbonyl (C=O) groups excluding carboxylic acids is 1. The molecule has 0 spiro atoms. The van der Waals surface area contributed by atoms with Crippen LogP contribution in [0, 0.1) is 5.82 Å². The summed E-state index contributed by atoms with van der Waals surface area (Å²) in [7, 11) is 0. The normalized spacial score (nSPS) is 11.7. The van der Waals surface area contributed by atoms with Gasteiger partial charge in [-0.3, -0.25) is 4.79 Å². The number of hydrogen-bond donors (Lipinski definition) is 2. The molecule has 22 heavy (non-hydrogen) atoms. The summed E-state index contributed by atoms with van der Waals surface area (Å²) in [5, 5.41) is 11.6. The van der Waals surface area contributed by atoms with Gasteiger partial charge in [-0.25, -0.2) is 9.18 Å². The van der Waals surface area contributed by atoms with E-state index in [1.54, 1.807) is 30.3 Å². The molecule has 0 aliphatic carbocycles. The zero-order chi connectivity index (χ0) is 15.9. The second kappa shape index (κ2) is 7.36. The van der Waals surface area contributed by atoms with E-state index in [9.17, 15) is 19.1 Å². The molecular formula is C17H16FNO3. The molecule has 0 unspecified atom stereocenters. The van der Waals surface area contributed by atoms with Crippen LogP contribution in [0.2, 0.25) is 0 Å². The molecule has 0 aliphatic heterocycles. The van der Waals surface area contributed by atoms with Crippen molar-refractivity contribution in [3.05, 3.63) is 71.5 Å². The highest BCUT2D eigenvalue weighted by Gasteiger charge is 2.21. The number of amides is 1. The van der Waals surface area contributed by atoms with Crippen molar-refractivity contribution in [3.63, 3.8) is 0 Å². The third-order valence-corrected chi connectivity index (χ3v) is 3.22. The van der Waals surface area contributed by atoms with Crippen molar-refractivity contribution < 1.29 is 19.1 Å². The van der Waals surface area contributed by atoms with Crippen molar-refractivity contribution in [2.75, 3.05) is 0 Å². The molecule has 4 nitrogen and oxygen atoms in total. The number of rotatable bonds is 6. The summed E-state index contributed by atoms with van der Waals surface area (Å²) in [5.41, 5.74) is 1.05. The van der Waals surface area contributed by atoms with Gasteiger partial charge in [-0.15, -0.1) is 0 Å². The first-order valence-electron chi connectivity index (χ1n) is 6.86. The van der Waals surface area contributed by atoms with Crippen molar-refractivity contribution in [2.24, 2.45) is 0 Å². The monoisotopic (exact) mass is 301 g/mol. The molecule has 2 rings (SSSR count). The third kappa shape index (κ3) is 4.41. The van der Waals surface area contributed by atoms with E-state index in [4.69, 9.17) is 0 Å². The van der Waals surface area contributed by atoms with E-state index >= 15 is 0 Å². The first-order valence-corrected chi connectivity index (χ1v) is 6.86. The fourth-order valence-corrected chi connectivity index (χ4v) is 2.11. The van der Waals surface area contributed by atoms with Crippen LogP contribution < -0.4 is 5.32 Å². The summed E-state index contributed by atoms with van der Waals surface area (Å²) < 4.78 is 13.6. The van der Waals surface area contributed by atoms with E-state index in [-0.39, 0.29) is 18.4 Å². The van der Waals surface area contributed by atoms with E-state index in [1.807, 2.05) is 6.07 Å². The quantitative estimate of drug-likeness (QED) is 0.859. The Hall–Kier alpha value is -2.69. The molecule has 0 saturated heterocycles. The zero-order valence-corrected chi connectivity index (χ0v) is 11.8. The molecule has 2 aromatic carbocycles. The fourth-order valence-electron chi connectivity index (χ4n) is 2.11. The van der Waals surface area contributed by atoms with Crippen molar-refractivity contribution in [1.29, 1.82) is 0 Å². The molecular weight excluding hydrogens is 285 g/mol. The molecule has 1 atom stereocenters. The lowest BCUT2D eigenvalue weighted by Crippen LogP contribution is -2.43. The number of nitrogens with one attached hydrogen (secondary N) is 1. The largest absolute Gasteiger partial charge is 0.480 e. The van der Waals surface area contributed by atoms with Gasteiger partial charge in [-0.05, 0) is 17.2 Å². The van der Waals surface area contributed by atoms with Crippen LogP contribution in [0.25, 0.3) is 0 Å². The summed E-state index contributed by atoms with van der Waals surface area (Å²) in [4.78, 5) is 23.2. The zero-order valence-electron chi connectivity index (χ0n) is 11.8. The lowest BCUT2D eigenvalue weighted by atomic mass is 10.0. The molecule has 0 saturated carbocycles. The Labute approximate surface area is 127 Å². The minimum absolute atomic E-state index is 0.0852. The summed E-state index contributed by atoms with van der Waals surface area (Å²) >= 11 is 0. The maximum absolute atomic E-state index is 13.6. The van der Waals surface area contributed by atoms with Gasteiger partial charge in [0.05, 0.1) is 6.42 Å². The van der Waals surface area contributed by atoms with Gasteiger partial charge < -0.3 is 10.4 Å². The highest BCUT2D eigenvalue weighted by molar-refractivity contribution is 5.85. The maximum atomic E-state index is 13.6. The van der Waals surface area contributed by atoms with Gasteiger partial charge in [0, 0.05) is 6.42 Å². The van der Waals surface area contributed by atoms with E-state index in [1.165, 1.54) is 18.2 Å². The molecule has 1 amide bonds. The topological polar surface area (TPSA) is 66.4 Å². The number of carboxylic acids is 1. The Kier molecular flexibility index (Phi) is 5.25. The van der Waals surface area contributed by atoms with Gasteiger partial charge >= 0.3 is 5.97 Å². The predicted molar refractivity (Wildman–Crippen MR) is 79.8 cm³/mol. The number of aliphatic carboxylic acids is 1. The van der Waals surface area contributed by atoms with E-state index in [0.29, 0.717) is 0 Å². The van der Waals surface area contributed by atoms with Crippen LogP contribution >= 0.6 is 0 Å². The maximum Gasteiger partial charge on any atom is 0.326 e. The predicted octanol–water partition coefficient (Wildman–Crippen LogP) is 2.18. The van der Waals surface area contributed by atoms with E-state index in [0.717, 1.165) is 5.56 Å². The smallest absolute Gasteiger partial charge is 0.326 e. The van der Waals surface area contributed by atoms with Crippen LogP contribution in [0.1, 0.15) is 11.1 Å². The standard InChI is InChI=1S/C17H16FNO3/c18-14-9-5-4-8-13(14)11-15(17(21)22)19-16(20)10-12-6-2-1-3-7-12/h1-9,15H,10-11H2,(H,19,20)(H,21,22)/t15-/m1/s1. The molecule has 114 valence electrons.